The summed E-state index contributed by atoms with van der Waals surface area (Å²) in [7, 11) is 0. The number of nitrogens with zero attached hydrogens (tertiary/aromatic N) is 5. The van der Waals surface area contributed by atoms with Crippen LogP contribution in [-0.2, 0) is 13.1 Å². The zero-order valence-corrected chi connectivity index (χ0v) is 14.3. The number of fused-ring (bicyclic) bond motifs is 1. The fourth-order valence-electron chi connectivity index (χ4n) is 3.61. The smallest absolute Gasteiger partial charge is 0.316 e. The molecule has 0 saturated heterocycles. The van der Waals surface area contributed by atoms with Crippen LogP contribution in [0, 0.1) is 18.8 Å². The summed E-state index contributed by atoms with van der Waals surface area (Å²) >= 11 is 0. The van der Waals surface area contributed by atoms with E-state index in [1.165, 1.54) is 31.5 Å². The van der Waals surface area contributed by atoms with E-state index in [0.717, 1.165) is 31.2 Å². The molecule has 1 saturated carbocycles. The maximum Gasteiger partial charge on any atom is 0.316 e. The number of aryl methyl sites for hydroxylation is 1. The Labute approximate surface area is 142 Å². The van der Waals surface area contributed by atoms with E-state index in [9.17, 15) is 0 Å². The molecule has 6 heteroatoms. The van der Waals surface area contributed by atoms with Crippen LogP contribution >= 0.6 is 0 Å². The number of aromatic nitrogens is 4. The van der Waals surface area contributed by atoms with Gasteiger partial charge in [0.2, 0.25) is 0 Å². The summed E-state index contributed by atoms with van der Waals surface area (Å²) in [6, 6.07) is 2.37. The van der Waals surface area contributed by atoms with Crippen LogP contribution in [-0.4, -0.2) is 44.1 Å². The molecule has 1 fully saturated rings. The van der Waals surface area contributed by atoms with Crippen molar-refractivity contribution in [2.45, 2.75) is 39.3 Å². The molecule has 1 aliphatic carbocycles. The molecule has 6 nitrogen and oxygen atoms in total. The lowest BCUT2D eigenvalue weighted by atomic mass is 9.85. The molecule has 0 amide bonds. The minimum atomic E-state index is 0.421. The van der Waals surface area contributed by atoms with Crippen molar-refractivity contribution in [3.63, 3.8) is 0 Å². The SMILES string of the molecule is Cc1ccnc(OC[C@H]2CN(CC3CCC3)Cc3cncn3C2)n1. The lowest BCUT2D eigenvalue weighted by Gasteiger charge is -2.32. The van der Waals surface area contributed by atoms with Crippen LogP contribution < -0.4 is 4.74 Å². The van der Waals surface area contributed by atoms with Gasteiger partial charge in [-0.3, -0.25) is 4.90 Å². The van der Waals surface area contributed by atoms with Crippen molar-refractivity contribution in [2.75, 3.05) is 19.7 Å². The van der Waals surface area contributed by atoms with Gasteiger partial charge in [-0.15, -0.1) is 0 Å². The van der Waals surface area contributed by atoms with E-state index in [0.29, 0.717) is 18.5 Å². The van der Waals surface area contributed by atoms with E-state index >= 15 is 0 Å². The highest BCUT2D eigenvalue weighted by Gasteiger charge is 2.26. The zero-order valence-electron chi connectivity index (χ0n) is 14.3. The fraction of sp³-hybridized carbons (Fsp3) is 0.611. The molecule has 0 bridgehead atoms. The van der Waals surface area contributed by atoms with Crippen molar-refractivity contribution < 1.29 is 4.74 Å². The quantitative estimate of drug-likeness (QED) is 0.843. The average Bonchev–Trinajstić information content (AvgIpc) is 2.88. The highest BCUT2D eigenvalue weighted by molar-refractivity contribution is 5.04. The first-order valence-electron chi connectivity index (χ1n) is 8.90. The Balaban J connectivity index is 1.42. The molecule has 0 unspecified atom stereocenters. The topological polar surface area (TPSA) is 56.1 Å². The van der Waals surface area contributed by atoms with Crippen LogP contribution in [0.25, 0.3) is 0 Å². The molecule has 3 heterocycles. The summed E-state index contributed by atoms with van der Waals surface area (Å²) in [6.07, 6.45) is 9.86. The molecule has 1 atom stereocenters. The Morgan fingerprint density at radius 1 is 1.25 bits per heavy atom. The maximum absolute atomic E-state index is 5.88. The van der Waals surface area contributed by atoms with Crippen molar-refractivity contribution in [3.05, 3.63) is 36.2 Å². The van der Waals surface area contributed by atoms with E-state index in [1.54, 1.807) is 6.20 Å². The Hall–Kier alpha value is -1.95. The van der Waals surface area contributed by atoms with Gasteiger partial charge in [-0.05, 0) is 31.7 Å². The van der Waals surface area contributed by atoms with E-state index in [1.807, 2.05) is 25.5 Å². The molecule has 2 aromatic rings. The molecular formula is C18H25N5O. The van der Waals surface area contributed by atoms with E-state index in [4.69, 9.17) is 4.74 Å². The summed E-state index contributed by atoms with van der Waals surface area (Å²) in [5, 5.41) is 0. The first kappa shape index (κ1) is 15.6. The normalized spacial score (nSPS) is 21.8. The lowest BCUT2D eigenvalue weighted by Crippen LogP contribution is -2.36. The lowest BCUT2D eigenvalue weighted by molar-refractivity contribution is 0.130. The Morgan fingerprint density at radius 3 is 2.96 bits per heavy atom. The minimum Gasteiger partial charge on any atom is -0.463 e. The summed E-state index contributed by atoms with van der Waals surface area (Å²) in [6.45, 7) is 6.80. The molecule has 0 radical (unpaired) electrons. The number of hydrogen-bond donors (Lipinski definition) is 0. The van der Waals surface area contributed by atoms with Gasteiger partial charge in [0.25, 0.3) is 0 Å². The molecule has 0 N–H and O–H groups in total. The van der Waals surface area contributed by atoms with Crippen LogP contribution in [0.2, 0.25) is 0 Å². The first-order valence-corrected chi connectivity index (χ1v) is 8.90. The van der Waals surface area contributed by atoms with Crippen molar-refractivity contribution in [2.24, 2.45) is 11.8 Å². The molecule has 0 spiro atoms. The van der Waals surface area contributed by atoms with E-state index in [2.05, 4.69) is 24.4 Å². The summed E-state index contributed by atoms with van der Waals surface area (Å²) in [5.74, 6) is 1.30. The highest BCUT2D eigenvalue weighted by Crippen LogP contribution is 2.28. The van der Waals surface area contributed by atoms with Crippen molar-refractivity contribution in [3.8, 4) is 6.01 Å². The van der Waals surface area contributed by atoms with Gasteiger partial charge in [0.1, 0.15) is 0 Å². The van der Waals surface area contributed by atoms with Crippen LogP contribution in [0.3, 0.4) is 0 Å². The van der Waals surface area contributed by atoms with E-state index in [-0.39, 0.29) is 0 Å². The second kappa shape index (κ2) is 6.89. The third-order valence-electron chi connectivity index (χ3n) is 5.12. The predicted octanol–water partition coefficient (Wildman–Crippen LogP) is 2.29. The monoisotopic (exact) mass is 327 g/mol. The third-order valence-corrected chi connectivity index (χ3v) is 5.12. The Morgan fingerprint density at radius 2 is 2.17 bits per heavy atom. The maximum atomic E-state index is 5.88. The summed E-state index contributed by atoms with van der Waals surface area (Å²) in [5.41, 5.74) is 2.24. The Bertz CT molecular complexity index is 682. The van der Waals surface area contributed by atoms with Gasteiger partial charge in [-0.25, -0.2) is 15.0 Å². The van der Waals surface area contributed by atoms with Crippen molar-refractivity contribution in [1.29, 1.82) is 0 Å². The van der Waals surface area contributed by atoms with Gasteiger partial charge in [0.15, 0.2) is 0 Å². The summed E-state index contributed by atoms with van der Waals surface area (Å²) < 4.78 is 8.15. The molecule has 1 aliphatic heterocycles. The van der Waals surface area contributed by atoms with Crippen LogP contribution in [0.1, 0.15) is 30.7 Å². The zero-order chi connectivity index (χ0) is 16.4. The fourth-order valence-corrected chi connectivity index (χ4v) is 3.61. The van der Waals surface area contributed by atoms with Crippen LogP contribution in [0.5, 0.6) is 6.01 Å². The largest absolute Gasteiger partial charge is 0.463 e. The number of imidazole rings is 1. The first-order chi connectivity index (χ1) is 11.8. The Kier molecular flexibility index (Phi) is 4.47. The second-order valence-corrected chi connectivity index (χ2v) is 7.19. The molecule has 0 aromatic carbocycles. The van der Waals surface area contributed by atoms with Gasteiger partial charge in [-0.2, -0.15) is 0 Å². The van der Waals surface area contributed by atoms with Crippen molar-refractivity contribution in [1.82, 2.24) is 24.4 Å². The molecule has 2 aliphatic rings. The minimum absolute atomic E-state index is 0.421. The van der Waals surface area contributed by atoms with Crippen LogP contribution in [0.15, 0.2) is 24.8 Å². The molecular weight excluding hydrogens is 302 g/mol. The van der Waals surface area contributed by atoms with Gasteiger partial charge in [0, 0.05) is 50.2 Å². The standard InChI is InChI=1S/C18H25N5O/c1-14-5-6-20-18(21-14)24-12-16-9-22(8-15-3-2-4-15)11-17-7-19-13-23(17)10-16/h5-7,13,15-16H,2-4,8-12H2,1H3/t16-/m0/s1. The van der Waals surface area contributed by atoms with Gasteiger partial charge >= 0.3 is 6.01 Å². The number of ether oxygens (including phenoxy) is 1. The second-order valence-electron chi connectivity index (χ2n) is 7.19. The predicted molar refractivity (Wildman–Crippen MR) is 90.6 cm³/mol. The molecule has 128 valence electrons. The summed E-state index contributed by atoms with van der Waals surface area (Å²) in [4.78, 5) is 15.5. The van der Waals surface area contributed by atoms with Crippen molar-refractivity contribution >= 4 is 0 Å². The molecule has 24 heavy (non-hydrogen) atoms. The average molecular weight is 327 g/mol. The van der Waals surface area contributed by atoms with Gasteiger partial charge in [0.05, 0.1) is 18.6 Å². The number of rotatable bonds is 5. The van der Waals surface area contributed by atoms with Gasteiger partial charge in [-0.1, -0.05) is 6.42 Å². The van der Waals surface area contributed by atoms with E-state index < -0.39 is 0 Å². The molecule has 4 rings (SSSR count). The highest BCUT2D eigenvalue weighted by atomic mass is 16.5. The third kappa shape index (κ3) is 3.59. The van der Waals surface area contributed by atoms with Gasteiger partial charge < -0.3 is 9.30 Å². The number of hydrogen-bond acceptors (Lipinski definition) is 5. The van der Waals surface area contributed by atoms with Crippen LogP contribution in [0.4, 0.5) is 0 Å². The molecule has 2 aromatic heterocycles.